The van der Waals surface area contributed by atoms with E-state index >= 15 is 0 Å². The van der Waals surface area contributed by atoms with Crippen LogP contribution >= 0.6 is 0 Å². The van der Waals surface area contributed by atoms with Crippen molar-refractivity contribution in [2.45, 2.75) is 12.8 Å². The lowest BCUT2D eigenvalue weighted by Gasteiger charge is -2.18. The van der Waals surface area contributed by atoms with Crippen molar-refractivity contribution >= 4 is 16.9 Å². The topological polar surface area (TPSA) is 62.4 Å². The molecule has 0 spiro atoms. The summed E-state index contributed by atoms with van der Waals surface area (Å²) in [5, 5.41) is 10.3. The highest BCUT2D eigenvalue weighted by Crippen LogP contribution is 2.34. The Morgan fingerprint density at radius 1 is 1.14 bits per heavy atom. The molecule has 3 aromatic rings. The number of aromatic nitrogens is 2. The van der Waals surface area contributed by atoms with Crippen LogP contribution in [-0.4, -0.2) is 28.2 Å². The molecule has 5 heteroatoms. The molecule has 1 saturated heterocycles. The summed E-state index contributed by atoms with van der Waals surface area (Å²) in [5.41, 5.74) is 2.81. The standard InChI is InChI=1S/C16H15N3O2/c20-13-10-11(19-8-1-2-9-19)5-6-12(13)16-18-15-14(21-16)4-3-7-17-15/h3-7,10,20H,1-2,8-9H2. The van der Waals surface area contributed by atoms with Crippen LogP contribution in [0.2, 0.25) is 0 Å². The summed E-state index contributed by atoms with van der Waals surface area (Å²) in [7, 11) is 0. The van der Waals surface area contributed by atoms with Crippen molar-refractivity contribution in [3.05, 3.63) is 36.5 Å². The van der Waals surface area contributed by atoms with E-state index in [9.17, 15) is 5.11 Å². The van der Waals surface area contributed by atoms with Crippen molar-refractivity contribution < 1.29 is 9.52 Å². The molecule has 21 heavy (non-hydrogen) atoms. The number of nitrogens with zero attached hydrogens (tertiary/aromatic N) is 3. The molecule has 3 heterocycles. The third kappa shape index (κ3) is 2.11. The minimum absolute atomic E-state index is 0.186. The second-order valence-corrected chi connectivity index (χ2v) is 5.24. The molecule has 1 aromatic carbocycles. The molecule has 5 nitrogen and oxygen atoms in total. The van der Waals surface area contributed by atoms with Gasteiger partial charge in [-0.2, -0.15) is 4.98 Å². The fraction of sp³-hybridized carbons (Fsp3) is 0.250. The maximum absolute atomic E-state index is 10.3. The van der Waals surface area contributed by atoms with Crippen molar-refractivity contribution in [3.8, 4) is 17.2 Å². The lowest BCUT2D eigenvalue weighted by atomic mass is 10.1. The van der Waals surface area contributed by atoms with Crippen LogP contribution in [-0.2, 0) is 0 Å². The van der Waals surface area contributed by atoms with E-state index in [0.29, 0.717) is 22.7 Å². The molecule has 1 N–H and O–H groups in total. The van der Waals surface area contributed by atoms with Crippen LogP contribution in [0.25, 0.3) is 22.7 Å². The SMILES string of the molecule is Oc1cc(N2CCCC2)ccc1-c1nc2ncccc2o1. The van der Waals surface area contributed by atoms with E-state index in [1.165, 1.54) is 12.8 Å². The van der Waals surface area contributed by atoms with Gasteiger partial charge in [0.05, 0.1) is 5.56 Å². The van der Waals surface area contributed by atoms with Gasteiger partial charge in [-0.1, -0.05) is 0 Å². The third-order valence-electron chi connectivity index (χ3n) is 3.85. The number of aromatic hydroxyl groups is 1. The lowest BCUT2D eigenvalue weighted by Crippen LogP contribution is -2.17. The highest BCUT2D eigenvalue weighted by atomic mass is 16.4. The Hall–Kier alpha value is -2.56. The van der Waals surface area contributed by atoms with Gasteiger partial charge < -0.3 is 14.4 Å². The fourth-order valence-electron chi connectivity index (χ4n) is 2.76. The molecule has 0 saturated carbocycles. The maximum Gasteiger partial charge on any atom is 0.232 e. The number of rotatable bonds is 2. The van der Waals surface area contributed by atoms with E-state index in [-0.39, 0.29) is 5.75 Å². The number of pyridine rings is 1. The smallest absolute Gasteiger partial charge is 0.232 e. The predicted octanol–water partition coefficient (Wildman–Crippen LogP) is 3.20. The largest absolute Gasteiger partial charge is 0.507 e. The zero-order valence-corrected chi connectivity index (χ0v) is 11.5. The average molecular weight is 281 g/mol. The van der Waals surface area contributed by atoms with Gasteiger partial charge in [0, 0.05) is 31.0 Å². The van der Waals surface area contributed by atoms with Gasteiger partial charge in [0.15, 0.2) is 11.2 Å². The number of phenols is 1. The van der Waals surface area contributed by atoms with Gasteiger partial charge in [-0.3, -0.25) is 0 Å². The number of benzene rings is 1. The first-order valence-corrected chi connectivity index (χ1v) is 7.11. The molecule has 106 valence electrons. The normalized spacial score (nSPS) is 15.0. The van der Waals surface area contributed by atoms with Crippen LogP contribution in [0.1, 0.15) is 12.8 Å². The van der Waals surface area contributed by atoms with Crippen molar-refractivity contribution in [1.82, 2.24) is 9.97 Å². The third-order valence-corrected chi connectivity index (χ3v) is 3.85. The van der Waals surface area contributed by atoms with Gasteiger partial charge in [-0.25, -0.2) is 4.98 Å². The second-order valence-electron chi connectivity index (χ2n) is 5.24. The summed E-state index contributed by atoms with van der Waals surface area (Å²) in [4.78, 5) is 10.7. The van der Waals surface area contributed by atoms with Crippen molar-refractivity contribution in [1.29, 1.82) is 0 Å². The minimum atomic E-state index is 0.186. The van der Waals surface area contributed by atoms with E-state index in [1.54, 1.807) is 18.3 Å². The molecule has 0 amide bonds. The van der Waals surface area contributed by atoms with Gasteiger partial charge in [-0.05, 0) is 37.1 Å². The number of anilines is 1. The lowest BCUT2D eigenvalue weighted by molar-refractivity contribution is 0.474. The van der Waals surface area contributed by atoms with Crippen LogP contribution < -0.4 is 4.90 Å². The van der Waals surface area contributed by atoms with Gasteiger partial charge in [0.25, 0.3) is 0 Å². The predicted molar refractivity (Wildman–Crippen MR) is 80.4 cm³/mol. The number of fused-ring (bicyclic) bond motifs is 1. The molecule has 1 aliphatic rings. The number of phenolic OH excluding ortho intramolecular Hbond substituents is 1. The molecule has 4 rings (SSSR count). The van der Waals surface area contributed by atoms with Gasteiger partial charge in [0.1, 0.15) is 5.75 Å². The Morgan fingerprint density at radius 2 is 2.00 bits per heavy atom. The van der Waals surface area contributed by atoms with E-state index in [0.717, 1.165) is 18.8 Å². The van der Waals surface area contributed by atoms with E-state index < -0.39 is 0 Å². The first-order valence-electron chi connectivity index (χ1n) is 7.11. The molecule has 1 aliphatic heterocycles. The van der Waals surface area contributed by atoms with Crippen molar-refractivity contribution in [2.75, 3.05) is 18.0 Å². The minimum Gasteiger partial charge on any atom is -0.507 e. The van der Waals surface area contributed by atoms with Crippen LogP contribution in [0.5, 0.6) is 5.75 Å². The first-order chi connectivity index (χ1) is 10.3. The molecule has 0 bridgehead atoms. The monoisotopic (exact) mass is 281 g/mol. The Morgan fingerprint density at radius 3 is 2.76 bits per heavy atom. The molecule has 0 unspecified atom stereocenters. The fourth-order valence-corrected chi connectivity index (χ4v) is 2.76. The zero-order valence-electron chi connectivity index (χ0n) is 11.5. The molecular weight excluding hydrogens is 266 g/mol. The van der Waals surface area contributed by atoms with Crippen LogP contribution in [0, 0.1) is 0 Å². The summed E-state index contributed by atoms with van der Waals surface area (Å²) in [5.74, 6) is 0.583. The number of hydrogen-bond donors (Lipinski definition) is 1. The van der Waals surface area contributed by atoms with E-state index in [2.05, 4.69) is 14.9 Å². The van der Waals surface area contributed by atoms with E-state index in [1.807, 2.05) is 18.2 Å². The Labute approximate surface area is 121 Å². The molecule has 0 radical (unpaired) electrons. The maximum atomic E-state index is 10.3. The van der Waals surface area contributed by atoms with Gasteiger partial charge >= 0.3 is 0 Å². The quantitative estimate of drug-likeness (QED) is 0.781. The summed E-state index contributed by atoms with van der Waals surface area (Å²) >= 11 is 0. The zero-order chi connectivity index (χ0) is 14.2. The molecule has 2 aromatic heterocycles. The molecule has 1 fully saturated rings. The summed E-state index contributed by atoms with van der Waals surface area (Å²) < 4.78 is 5.65. The summed E-state index contributed by atoms with van der Waals surface area (Å²) in [6.07, 6.45) is 4.09. The number of hydrogen-bond acceptors (Lipinski definition) is 5. The van der Waals surface area contributed by atoms with Crippen LogP contribution in [0.3, 0.4) is 0 Å². The average Bonchev–Trinajstić information content (AvgIpc) is 3.16. The summed E-state index contributed by atoms with van der Waals surface area (Å²) in [6.45, 7) is 2.09. The second kappa shape index (κ2) is 4.77. The highest BCUT2D eigenvalue weighted by molar-refractivity contribution is 5.75. The first kappa shape index (κ1) is 12.2. The van der Waals surface area contributed by atoms with Gasteiger partial charge in [0.2, 0.25) is 5.89 Å². The van der Waals surface area contributed by atoms with Crippen LogP contribution in [0.15, 0.2) is 40.9 Å². The summed E-state index contributed by atoms with van der Waals surface area (Å²) in [6, 6.07) is 9.25. The number of oxazole rings is 1. The Bertz CT molecular complexity index is 758. The van der Waals surface area contributed by atoms with Crippen molar-refractivity contribution in [3.63, 3.8) is 0 Å². The van der Waals surface area contributed by atoms with E-state index in [4.69, 9.17) is 4.42 Å². The highest BCUT2D eigenvalue weighted by Gasteiger charge is 2.17. The molecular formula is C16H15N3O2. The van der Waals surface area contributed by atoms with Crippen molar-refractivity contribution in [2.24, 2.45) is 0 Å². The Balaban J connectivity index is 1.74. The Kier molecular flexibility index (Phi) is 2.77. The molecule has 0 aliphatic carbocycles. The molecule has 0 atom stereocenters. The van der Waals surface area contributed by atoms with Crippen LogP contribution in [0.4, 0.5) is 5.69 Å². The van der Waals surface area contributed by atoms with Gasteiger partial charge in [-0.15, -0.1) is 0 Å².